The number of carboxylic acid groups (broad SMARTS) is 1. The molecule has 0 radical (unpaired) electrons. The van der Waals surface area contributed by atoms with Gasteiger partial charge in [-0.15, -0.1) is 0 Å². The van der Waals surface area contributed by atoms with E-state index in [-0.39, 0.29) is 11.5 Å². The van der Waals surface area contributed by atoms with Crippen molar-refractivity contribution in [2.75, 3.05) is 13.2 Å². The summed E-state index contributed by atoms with van der Waals surface area (Å²) in [6.45, 7) is 1.23. The fourth-order valence-electron chi connectivity index (χ4n) is 2.62. The molecule has 120 valence electrons. The van der Waals surface area contributed by atoms with Crippen molar-refractivity contribution in [1.82, 2.24) is 5.32 Å². The van der Waals surface area contributed by atoms with Crippen molar-refractivity contribution < 1.29 is 19.4 Å². The van der Waals surface area contributed by atoms with Gasteiger partial charge in [-0.2, -0.15) is 0 Å². The molecule has 1 aromatic rings. The lowest BCUT2D eigenvalue weighted by atomic mass is 9.98. The van der Waals surface area contributed by atoms with Crippen LogP contribution in [0.4, 0.5) is 0 Å². The Morgan fingerprint density at radius 3 is 2.36 bits per heavy atom. The Morgan fingerprint density at radius 2 is 1.73 bits per heavy atom. The highest BCUT2D eigenvalue weighted by atomic mass is 16.5. The van der Waals surface area contributed by atoms with Gasteiger partial charge < -0.3 is 15.2 Å². The lowest BCUT2D eigenvalue weighted by Gasteiger charge is -2.21. The molecule has 0 saturated heterocycles. The van der Waals surface area contributed by atoms with Gasteiger partial charge in [-0.1, -0.05) is 19.3 Å². The minimum atomic E-state index is -0.994. The Bertz CT molecular complexity index is 492. The molecule has 5 nitrogen and oxygen atoms in total. The number of benzene rings is 1. The van der Waals surface area contributed by atoms with Gasteiger partial charge in [0.15, 0.2) is 0 Å². The van der Waals surface area contributed by atoms with Crippen molar-refractivity contribution >= 4 is 11.9 Å². The maximum Gasteiger partial charge on any atom is 0.335 e. The Morgan fingerprint density at radius 1 is 1.09 bits per heavy atom. The minimum Gasteiger partial charge on any atom is -0.478 e. The second-order valence-corrected chi connectivity index (χ2v) is 5.62. The van der Waals surface area contributed by atoms with Crippen molar-refractivity contribution in [3.63, 3.8) is 0 Å². The fraction of sp³-hybridized carbons (Fsp3) is 0.529. The quantitative estimate of drug-likeness (QED) is 0.760. The molecule has 1 fully saturated rings. The highest BCUT2D eigenvalue weighted by Crippen LogP contribution is 2.20. The van der Waals surface area contributed by atoms with E-state index in [9.17, 15) is 9.59 Å². The highest BCUT2D eigenvalue weighted by molar-refractivity contribution is 5.95. The lowest BCUT2D eigenvalue weighted by molar-refractivity contribution is 0.0273. The van der Waals surface area contributed by atoms with Crippen LogP contribution in [0.2, 0.25) is 0 Å². The summed E-state index contributed by atoms with van der Waals surface area (Å²) in [4.78, 5) is 22.6. The molecule has 0 heterocycles. The zero-order chi connectivity index (χ0) is 15.8. The average Bonchev–Trinajstić information content (AvgIpc) is 2.55. The van der Waals surface area contributed by atoms with E-state index in [1.54, 1.807) is 0 Å². The average molecular weight is 305 g/mol. The topological polar surface area (TPSA) is 75.6 Å². The molecule has 0 aliphatic heterocycles. The second-order valence-electron chi connectivity index (χ2n) is 5.62. The number of nitrogens with one attached hydrogen (secondary N) is 1. The van der Waals surface area contributed by atoms with Gasteiger partial charge in [0.05, 0.1) is 11.7 Å². The summed E-state index contributed by atoms with van der Waals surface area (Å²) in [7, 11) is 0. The number of ether oxygens (including phenoxy) is 1. The summed E-state index contributed by atoms with van der Waals surface area (Å²) in [5.74, 6) is -1.18. The Balaban J connectivity index is 1.63. The SMILES string of the molecule is O=C(O)c1ccc(C(=O)NCCCOC2CCCCC2)cc1. The number of carboxylic acids is 1. The molecule has 1 amide bonds. The summed E-state index contributed by atoms with van der Waals surface area (Å²) >= 11 is 0. The molecule has 1 aromatic carbocycles. The highest BCUT2D eigenvalue weighted by Gasteiger charge is 2.13. The van der Waals surface area contributed by atoms with E-state index >= 15 is 0 Å². The van der Waals surface area contributed by atoms with E-state index in [0.717, 1.165) is 19.3 Å². The van der Waals surface area contributed by atoms with Crippen LogP contribution in [0.5, 0.6) is 0 Å². The zero-order valence-corrected chi connectivity index (χ0v) is 12.7. The summed E-state index contributed by atoms with van der Waals surface area (Å²) in [6.07, 6.45) is 7.32. The maximum atomic E-state index is 11.9. The van der Waals surface area contributed by atoms with Gasteiger partial charge in [0.2, 0.25) is 0 Å². The second kappa shape index (κ2) is 8.54. The van der Waals surface area contributed by atoms with Crippen molar-refractivity contribution in [3.05, 3.63) is 35.4 Å². The Hall–Kier alpha value is -1.88. The maximum absolute atomic E-state index is 11.9. The third kappa shape index (κ3) is 5.15. The third-order valence-corrected chi connectivity index (χ3v) is 3.91. The molecule has 5 heteroatoms. The van der Waals surface area contributed by atoms with Crippen LogP contribution in [0.3, 0.4) is 0 Å². The molecule has 0 bridgehead atoms. The molecule has 1 aliphatic rings. The van der Waals surface area contributed by atoms with Crippen LogP contribution in [-0.4, -0.2) is 36.2 Å². The number of rotatable bonds is 7. The smallest absolute Gasteiger partial charge is 0.335 e. The van der Waals surface area contributed by atoms with Gasteiger partial charge in [0, 0.05) is 18.7 Å². The summed E-state index contributed by atoms with van der Waals surface area (Å²) in [6, 6.07) is 5.92. The van der Waals surface area contributed by atoms with Crippen LogP contribution in [0, 0.1) is 0 Å². The number of hydrogen-bond donors (Lipinski definition) is 2. The van der Waals surface area contributed by atoms with E-state index < -0.39 is 5.97 Å². The van der Waals surface area contributed by atoms with Crippen LogP contribution in [-0.2, 0) is 4.74 Å². The van der Waals surface area contributed by atoms with Crippen molar-refractivity contribution in [2.45, 2.75) is 44.6 Å². The summed E-state index contributed by atoms with van der Waals surface area (Å²) in [5, 5.41) is 11.6. The number of hydrogen-bond acceptors (Lipinski definition) is 3. The summed E-state index contributed by atoms with van der Waals surface area (Å²) < 4.78 is 5.80. The molecule has 0 unspecified atom stereocenters. The lowest BCUT2D eigenvalue weighted by Crippen LogP contribution is -2.26. The van der Waals surface area contributed by atoms with Crippen molar-refractivity contribution in [3.8, 4) is 0 Å². The van der Waals surface area contributed by atoms with Gasteiger partial charge in [-0.05, 0) is 43.5 Å². The number of carbonyl (C=O) groups excluding carboxylic acids is 1. The van der Waals surface area contributed by atoms with Crippen molar-refractivity contribution in [2.24, 2.45) is 0 Å². The molecule has 1 saturated carbocycles. The Labute approximate surface area is 130 Å². The predicted molar refractivity (Wildman–Crippen MR) is 83.2 cm³/mol. The van der Waals surface area contributed by atoms with Crippen LogP contribution in [0.25, 0.3) is 0 Å². The van der Waals surface area contributed by atoms with E-state index in [1.165, 1.54) is 43.5 Å². The largest absolute Gasteiger partial charge is 0.478 e. The van der Waals surface area contributed by atoms with Gasteiger partial charge in [-0.3, -0.25) is 4.79 Å². The van der Waals surface area contributed by atoms with Crippen LogP contribution in [0.1, 0.15) is 59.2 Å². The first kappa shape index (κ1) is 16.5. The molecule has 2 N–H and O–H groups in total. The third-order valence-electron chi connectivity index (χ3n) is 3.91. The van der Waals surface area contributed by atoms with Gasteiger partial charge in [0.1, 0.15) is 0 Å². The molecule has 0 aromatic heterocycles. The van der Waals surface area contributed by atoms with Crippen LogP contribution in [0.15, 0.2) is 24.3 Å². The van der Waals surface area contributed by atoms with Crippen molar-refractivity contribution in [1.29, 1.82) is 0 Å². The molecular weight excluding hydrogens is 282 g/mol. The fourth-order valence-corrected chi connectivity index (χ4v) is 2.62. The van der Waals surface area contributed by atoms with Crippen LogP contribution >= 0.6 is 0 Å². The van der Waals surface area contributed by atoms with Gasteiger partial charge in [0.25, 0.3) is 5.91 Å². The normalized spacial score (nSPS) is 15.5. The molecule has 2 rings (SSSR count). The predicted octanol–water partition coefficient (Wildman–Crippen LogP) is 2.85. The zero-order valence-electron chi connectivity index (χ0n) is 12.7. The van der Waals surface area contributed by atoms with E-state index in [2.05, 4.69) is 5.32 Å². The monoisotopic (exact) mass is 305 g/mol. The molecule has 0 spiro atoms. The number of carbonyl (C=O) groups is 2. The molecule has 1 aliphatic carbocycles. The standard InChI is InChI=1S/C17H23NO4/c19-16(13-7-9-14(10-8-13)17(20)21)18-11-4-12-22-15-5-2-1-3-6-15/h7-10,15H,1-6,11-12H2,(H,18,19)(H,20,21). The minimum absolute atomic E-state index is 0.178. The number of aromatic carboxylic acids is 1. The first-order valence-corrected chi connectivity index (χ1v) is 7.90. The van der Waals surface area contributed by atoms with Gasteiger partial charge >= 0.3 is 5.97 Å². The Kier molecular flexibility index (Phi) is 6.40. The van der Waals surface area contributed by atoms with Crippen LogP contribution < -0.4 is 5.32 Å². The van der Waals surface area contributed by atoms with E-state index in [4.69, 9.17) is 9.84 Å². The number of amides is 1. The van der Waals surface area contributed by atoms with Gasteiger partial charge in [-0.25, -0.2) is 4.79 Å². The molecular formula is C17H23NO4. The van der Waals surface area contributed by atoms with E-state index in [1.807, 2.05) is 0 Å². The molecule has 0 atom stereocenters. The first-order chi connectivity index (χ1) is 10.7. The van der Waals surface area contributed by atoms with E-state index in [0.29, 0.717) is 24.8 Å². The molecule has 22 heavy (non-hydrogen) atoms. The summed E-state index contributed by atoms with van der Waals surface area (Å²) in [5.41, 5.74) is 0.649. The first-order valence-electron chi connectivity index (χ1n) is 7.90.